The van der Waals surface area contributed by atoms with Crippen LogP contribution in [0.2, 0.25) is 0 Å². The summed E-state index contributed by atoms with van der Waals surface area (Å²) >= 11 is 0. The fourth-order valence-electron chi connectivity index (χ4n) is 4.66. The van der Waals surface area contributed by atoms with E-state index in [1.165, 1.54) is 0 Å². The summed E-state index contributed by atoms with van der Waals surface area (Å²) in [5.41, 5.74) is 4.65. The molecule has 30 heavy (non-hydrogen) atoms. The van der Waals surface area contributed by atoms with Gasteiger partial charge < -0.3 is 5.32 Å². The molecule has 5 rings (SSSR count). The third-order valence-electron chi connectivity index (χ3n) is 6.24. The third kappa shape index (κ3) is 2.81. The number of anilines is 1. The quantitative estimate of drug-likeness (QED) is 0.606. The van der Waals surface area contributed by atoms with Crippen LogP contribution in [0.4, 0.5) is 18.9 Å². The van der Waals surface area contributed by atoms with Crippen molar-refractivity contribution in [2.24, 2.45) is 0 Å². The van der Waals surface area contributed by atoms with Crippen LogP contribution in [-0.2, 0) is 16.4 Å². The second-order valence-corrected chi connectivity index (χ2v) is 8.04. The smallest absolute Gasteiger partial charge is 0.325 e. The SMILES string of the molecule is Cc1ccc(-c2n[nH]c(C(F)(F)F)n2)cc1-c1ccc2c(c1)NC(=O)C21CCCC1. The number of benzene rings is 2. The van der Waals surface area contributed by atoms with Gasteiger partial charge in [0, 0.05) is 11.3 Å². The number of rotatable bonds is 2. The van der Waals surface area contributed by atoms with Crippen LogP contribution in [0, 0.1) is 6.92 Å². The molecule has 1 amide bonds. The highest BCUT2D eigenvalue weighted by Gasteiger charge is 2.48. The monoisotopic (exact) mass is 412 g/mol. The third-order valence-corrected chi connectivity index (χ3v) is 6.24. The lowest BCUT2D eigenvalue weighted by molar-refractivity contribution is -0.144. The molecule has 5 nitrogen and oxygen atoms in total. The summed E-state index contributed by atoms with van der Waals surface area (Å²) in [5.74, 6) is -1.07. The molecule has 8 heteroatoms. The minimum Gasteiger partial charge on any atom is -0.325 e. The largest absolute Gasteiger partial charge is 0.451 e. The van der Waals surface area contributed by atoms with Gasteiger partial charge in [0.25, 0.3) is 0 Å². The average Bonchev–Trinajstić information content (AvgIpc) is 3.43. The first kappa shape index (κ1) is 18.8. The number of H-pyrrole nitrogens is 1. The first-order valence-electron chi connectivity index (χ1n) is 9.85. The van der Waals surface area contributed by atoms with Crippen molar-refractivity contribution >= 4 is 11.6 Å². The molecule has 2 aliphatic rings. The average molecular weight is 412 g/mol. The first-order chi connectivity index (χ1) is 14.3. The summed E-state index contributed by atoms with van der Waals surface area (Å²) in [5, 5.41) is 8.70. The molecular weight excluding hydrogens is 393 g/mol. The Balaban J connectivity index is 1.54. The van der Waals surface area contributed by atoms with Gasteiger partial charge in [0.15, 0.2) is 5.82 Å². The van der Waals surface area contributed by atoms with Gasteiger partial charge in [0.2, 0.25) is 11.7 Å². The Labute approximate surface area is 170 Å². The molecule has 0 atom stereocenters. The van der Waals surface area contributed by atoms with Gasteiger partial charge in [-0.25, -0.2) is 4.98 Å². The highest BCUT2D eigenvalue weighted by Crippen LogP contribution is 2.49. The van der Waals surface area contributed by atoms with E-state index in [9.17, 15) is 18.0 Å². The molecule has 1 aromatic heterocycles. The van der Waals surface area contributed by atoms with Crippen LogP contribution < -0.4 is 5.32 Å². The number of halogens is 3. The van der Waals surface area contributed by atoms with Crippen LogP contribution in [0.15, 0.2) is 36.4 Å². The maximum absolute atomic E-state index is 12.8. The molecule has 1 spiro atoms. The Morgan fingerprint density at radius 2 is 1.77 bits per heavy atom. The Hall–Kier alpha value is -3.16. The second kappa shape index (κ2) is 6.42. The fourth-order valence-corrected chi connectivity index (χ4v) is 4.66. The van der Waals surface area contributed by atoms with Crippen molar-refractivity contribution in [3.8, 4) is 22.5 Å². The number of fused-ring (bicyclic) bond motifs is 2. The molecule has 0 unspecified atom stereocenters. The lowest BCUT2D eigenvalue weighted by Crippen LogP contribution is -2.30. The number of carbonyl (C=O) groups excluding carboxylic acids is 1. The van der Waals surface area contributed by atoms with Crippen molar-refractivity contribution in [1.29, 1.82) is 0 Å². The molecule has 1 fully saturated rings. The van der Waals surface area contributed by atoms with Gasteiger partial charge in [0.05, 0.1) is 5.41 Å². The molecule has 2 N–H and O–H groups in total. The number of hydrogen-bond donors (Lipinski definition) is 2. The van der Waals surface area contributed by atoms with Gasteiger partial charge in [-0.3, -0.25) is 9.89 Å². The van der Waals surface area contributed by atoms with E-state index in [4.69, 9.17) is 0 Å². The van der Waals surface area contributed by atoms with Crippen LogP contribution in [0.3, 0.4) is 0 Å². The maximum Gasteiger partial charge on any atom is 0.451 e. The molecule has 1 aliphatic heterocycles. The van der Waals surface area contributed by atoms with E-state index in [1.807, 2.05) is 36.3 Å². The van der Waals surface area contributed by atoms with E-state index in [0.717, 1.165) is 53.6 Å². The molecule has 1 aliphatic carbocycles. The highest BCUT2D eigenvalue weighted by molar-refractivity contribution is 6.07. The van der Waals surface area contributed by atoms with Crippen LogP contribution in [0.1, 0.15) is 42.6 Å². The summed E-state index contributed by atoms with van der Waals surface area (Å²) < 4.78 is 38.5. The first-order valence-corrected chi connectivity index (χ1v) is 9.85. The number of amides is 1. The summed E-state index contributed by atoms with van der Waals surface area (Å²) in [7, 11) is 0. The van der Waals surface area contributed by atoms with Gasteiger partial charge in [0.1, 0.15) is 0 Å². The summed E-state index contributed by atoms with van der Waals surface area (Å²) in [6, 6.07) is 11.2. The van der Waals surface area contributed by atoms with Crippen LogP contribution in [0.5, 0.6) is 0 Å². The van der Waals surface area contributed by atoms with Gasteiger partial charge in [-0.15, -0.1) is 0 Å². The van der Waals surface area contributed by atoms with Crippen molar-refractivity contribution in [3.05, 3.63) is 53.3 Å². The molecular formula is C22H19F3N4O. The van der Waals surface area contributed by atoms with Crippen molar-refractivity contribution in [1.82, 2.24) is 15.2 Å². The predicted octanol–water partition coefficient (Wildman–Crippen LogP) is 5.23. The van der Waals surface area contributed by atoms with Crippen LogP contribution in [-0.4, -0.2) is 21.1 Å². The number of nitrogens with zero attached hydrogens (tertiary/aromatic N) is 2. The molecule has 154 valence electrons. The number of carbonyl (C=O) groups is 1. The molecule has 0 radical (unpaired) electrons. The van der Waals surface area contributed by atoms with Crippen molar-refractivity contribution in [2.45, 2.75) is 44.2 Å². The Morgan fingerprint density at radius 3 is 2.47 bits per heavy atom. The van der Waals surface area contributed by atoms with E-state index in [2.05, 4.69) is 15.4 Å². The summed E-state index contributed by atoms with van der Waals surface area (Å²) in [6.07, 6.45) is -0.746. The van der Waals surface area contributed by atoms with E-state index in [0.29, 0.717) is 5.56 Å². The standard InChI is InChI=1S/C22H19F3N4O/c1-12-4-5-14(18-27-19(29-28-18)22(23,24)25)10-15(12)13-6-7-16-17(11-13)26-20(30)21(16)8-2-3-9-21/h4-7,10-11H,2-3,8-9H2,1H3,(H,26,30)(H,27,28,29). The molecule has 3 aromatic rings. The molecule has 0 bridgehead atoms. The van der Waals surface area contributed by atoms with Crippen LogP contribution >= 0.6 is 0 Å². The van der Waals surface area contributed by atoms with E-state index < -0.39 is 17.4 Å². The van der Waals surface area contributed by atoms with Crippen molar-refractivity contribution in [3.63, 3.8) is 0 Å². The zero-order chi connectivity index (χ0) is 21.1. The number of aromatic amines is 1. The molecule has 1 saturated carbocycles. The molecule has 2 aromatic carbocycles. The fraction of sp³-hybridized carbons (Fsp3) is 0.318. The van der Waals surface area contributed by atoms with Gasteiger partial charge in [-0.2, -0.15) is 18.3 Å². The normalized spacial score (nSPS) is 17.4. The summed E-state index contributed by atoms with van der Waals surface area (Å²) in [6.45, 7) is 1.93. The number of alkyl halides is 3. The van der Waals surface area contributed by atoms with Crippen molar-refractivity contribution in [2.75, 3.05) is 5.32 Å². The zero-order valence-electron chi connectivity index (χ0n) is 16.2. The van der Waals surface area contributed by atoms with E-state index >= 15 is 0 Å². The van der Waals surface area contributed by atoms with Crippen LogP contribution in [0.25, 0.3) is 22.5 Å². The lowest BCUT2D eigenvalue weighted by atomic mass is 9.79. The van der Waals surface area contributed by atoms with E-state index in [1.54, 1.807) is 12.1 Å². The van der Waals surface area contributed by atoms with Gasteiger partial charge in [-0.05, 0) is 54.2 Å². The number of nitrogens with one attached hydrogen (secondary N) is 2. The van der Waals surface area contributed by atoms with E-state index in [-0.39, 0.29) is 11.7 Å². The highest BCUT2D eigenvalue weighted by atomic mass is 19.4. The molecule has 2 heterocycles. The second-order valence-electron chi connectivity index (χ2n) is 8.04. The minimum absolute atomic E-state index is 0.0112. The Morgan fingerprint density at radius 1 is 1.03 bits per heavy atom. The van der Waals surface area contributed by atoms with Gasteiger partial charge >= 0.3 is 6.18 Å². The zero-order valence-corrected chi connectivity index (χ0v) is 16.2. The Kier molecular flexibility index (Phi) is 4.03. The Bertz CT molecular complexity index is 1160. The maximum atomic E-state index is 12.8. The summed E-state index contributed by atoms with van der Waals surface area (Å²) in [4.78, 5) is 16.3. The lowest BCUT2D eigenvalue weighted by Gasteiger charge is -2.20. The minimum atomic E-state index is -4.58. The number of hydrogen-bond acceptors (Lipinski definition) is 3. The van der Waals surface area contributed by atoms with Crippen molar-refractivity contribution < 1.29 is 18.0 Å². The number of aryl methyl sites for hydroxylation is 1. The topological polar surface area (TPSA) is 70.7 Å². The molecule has 0 saturated heterocycles. The van der Waals surface area contributed by atoms with Gasteiger partial charge in [-0.1, -0.05) is 37.1 Å². The predicted molar refractivity (Wildman–Crippen MR) is 106 cm³/mol. The number of aromatic nitrogens is 3.